The number of Topliss-reactive ketones (excluding diaryl/α,β-unsaturated/α-hetero) is 1. The van der Waals surface area contributed by atoms with Crippen molar-refractivity contribution in [2.75, 3.05) is 18.8 Å². The first kappa shape index (κ1) is 26.7. The maximum absolute atomic E-state index is 14.2. The molecular weight excluding hydrogens is 516 g/mol. The Morgan fingerprint density at radius 1 is 1.05 bits per heavy atom. The molecule has 2 aliphatic rings. The minimum absolute atomic E-state index is 0.0172. The lowest BCUT2D eigenvalue weighted by atomic mass is 9.94. The molecule has 0 radical (unpaired) electrons. The van der Waals surface area contributed by atoms with Gasteiger partial charge in [-0.25, -0.2) is 0 Å². The number of ketones is 1. The third-order valence-electron chi connectivity index (χ3n) is 7.19. The fraction of sp³-hybridized carbons (Fsp3) is 0.367. The molecule has 2 aromatic carbocycles. The number of amides is 2. The lowest BCUT2D eigenvalue weighted by molar-refractivity contribution is -0.127. The van der Waals surface area contributed by atoms with Gasteiger partial charge in [0, 0.05) is 22.5 Å². The molecule has 1 aliphatic carbocycles. The Hall–Kier alpha value is -3.85. The normalized spacial score (nSPS) is 15.4. The van der Waals surface area contributed by atoms with Gasteiger partial charge in [-0.2, -0.15) is 0 Å². The monoisotopic (exact) mass is 548 g/mol. The van der Waals surface area contributed by atoms with Crippen molar-refractivity contribution in [2.24, 2.45) is 0 Å². The second-order valence-corrected chi connectivity index (χ2v) is 10.9. The quantitative estimate of drug-likeness (QED) is 0.357. The largest absolute Gasteiger partial charge is 0.497 e. The van der Waals surface area contributed by atoms with Crippen molar-refractivity contribution in [1.82, 2.24) is 5.32 Å². The predicted octanol–water partition coefficient (Wildman–Crippen LogP) is 5.45. The predicted molar refractivity (Wildman–Crippen MR) is 149 cm³/mol. The van der Waals surface area contributed by atoms with E-state index in [-0.39, 0.29) is 42.4 Å². The maximum Gasteiger partial charge on any atom is 0.248 e. The average Bonchev–Trinajstić information content (AvgIpc) is 3.63. The van der Waals surface area contributed by atoms with Crippen LogP contribution in [0.3, 0.4) is 0 Å². The molecule has 2 heterocycles. The van der Waals surface area contributed by atoms with E-state index in [1.54, 1.807) is 43.5 Å². The van der Waals surface area contributed by atoms with E-state index in [1.807, 2.05) is 17.5 Å². The number of anilines is 1. The molecule has 2 amide bonds. The van der Waals surface area contributed by atoms with Crippen LogP contribution in [0, 0.1) is 0 Å². The molecule has 1 atom stereocenters. The summed E-state index contributed by atoms with van der Waals surface area (Å²) < 4.78 is 16.5. The van der Waals surface area contributed by atoms with Crippen LogP contribution in [0.15, 0.2) is 53.9 Å². The van der Waals surface area contributed by atoms with Crippen molar-refractivity contribution in [3.63, 3.8) is 0 Å². The van der Waals surface area contributed by atoms with Crippen molar-refractivity contribution >= 4 is 34.6 Å². The van der Waals surface area contributed by atoms with Crippen LogP contribution in [0.2, 0.25) is 0 Å². The van der Waals surface area contributed by atoms with Crippen LogP contribution in [0.25, 0.3) is 0 Å². The first-order valence-corrected chi connectivity index (χ1v) is 14.1. The Labute approximate surface area is 231 Å². The number of carbonyl (C=O) groups is 3. The fourth-order valence-electron chi connectivity index (χ4n) is 5.21. The number of thiophene rings is 1. The van der Waals surface area contributed by atoms with Crippen molar-refractivity contribution in [3.8, 4) is 17.2 Å². The van der Waals surface area contributed by atoms with Gasteiger partial charge in [-0.05, 0) is 55.0 Å². The summed E-state index contributed by atoms with van der Waals surface area (Å²) in [6.45, 7) is 1.46. The Kier molecular flexibility index (Phi) is 8.16. The molecule has 8 nitrogen and oxygen atoms in total. The first-order chi connectivity index (χ1) is 18.9. The Bertz CT molecular complexity index is 1330. The molecule has 5 rings (SSSR count). The number of nitrogens with one attached hydrogen (secondary N) is 1. The molecule has 1 aromatic heterocycles. The van der Waals surface area contributed by atoms with Gasteiger partial charge < -0.3 is 19.5 Å². The van der Waals surface area contributed by atoms with Gasteiger partial charge in [0.15, 0.2) is 17.3 Å². The number of carbonyl (C=O) groups excluding carboxylic acids is 3. The Balaban J connectivity index is 1.64. The number of fused-ring (bicyclic) bond motifs is 1. The third kappa shape index (κ3) is 5.93. The lowest BCUT2D eigenvalue weighted by Gasteiger charge is -2.34. The molecule has 204 valence electrons. The van der Waals surface area contributed by atoms with Crippen molar-refractivity contribution in [1.29, 1.82) is 0 Å². The summed E-state index contributed by atoms with van der Waals surface area (Å²) in [5.41, 5.74) is 1.20. The van der Waals surface area contributed by atoms with Crippen LogP contribution in [0.1, 0.15) is 65.9 Å². The van der Waals surface area contributed by atoms with Crippen LogP contribution in [0.4, 0.5) is 5.69 Å². The molecule has 0 spiro atoms. The van der Waals surface area contributed by atoms with E-state index in [0.717, 1.165) is 37.0 Å². The fourth-order valence-corrected chi connectivity index (χ4v) is 5.90. The van der Waals surface area contributed by atoms with Crippen LogP contribution in [0.5, 0.6) is 17.2 Å². The van der Waals surface area contributed by atoms with Crippen LogP contribution < -0.4 is 24.4 Å². The number of benzene rings is 2. The molecule has 1 saturated carbocycles. The lowest BCUT2D eigenvalue weighted by Crippen LogP contribution is -2.48. The molecular formula is C30H32N2O6S. The molecule has 0 saturated heterocycles. The van der Waals surface area contributed by atoms with Crippen molar-refractivity contribution in [3.05, 3.63) is 69.9 Å². The van der Waals surface area contributed by atoms with Crippen molar-refractivity contribution < 1.29 is 28.6 Å². The van der Waals surface area contributed by atoms with E-state index >= 15 is 0 Å². The number of rotatable bonds is 9. The molecule has 1 N–H and O–H groups in total. The molecule has 1 fully saturated rings. The van der Waals surface area contributed by atoms with Gasteiger partial charge in [0.25, 0.3) is 0 Å². The summed E-state index contributed by atoms with van der Waals surface area (Å²) in [5.74, 6) is 0.636. The van der Waals surface area contributed by atoms with Gasteiger partial charge in [0.2, 0.25) is 18.6 Å². The second kappa shape index (κ2) is 11.9. The summed E-state index contributed by atoms with van der Waals surface area (Å²) in [5, 5.41) is 5.12. The number of nitrogens with zero attached hydrogens (tertiary/aromatic N) is 1. The van der Waals surface area contributed by atoms with Gasteiger partial charge in [0.05, 0.1) is 19.2 Å². The zero-order chi connectivity index (χ0) is 27.4. The van der Waals surface area contributed by atoms with Gasteiger partial charge in [0.1, 0.15) is 11.8 Å². The summed E-state index contributed by atoms with van der Waals surface area (Å²) in [4.78, 5) is 43.5. The molecule has 1 aliphatic heterocycles. The van der Waals surface area contributed by atoms with E-state index < -0.39 is 6.04 Å². The SMILES string of the molecule is COc1ccc([C@@H](C(=O)NC2CCCCC2)N(C(=O)Cc2cccs2)c2cc3c(cc2C(C)=O)OCO3)cc1. The summed E-state index contributed by atoms with van der Waals surface area (Å²) in [6, 6.07) is 13.1. The Morgan fingerprint density at radius 3 is 2.41 bits per heavy atom. The van der Waals surface area contributed by atoms with Crippen molar-refractivity contribution in [2.45, 2.75) is 57.5 Å². The number of ether oxygens (including phenoxy) is 3. The van der Waals surface area contributed by atoms with E-state index in [4.69, 9.17) is 14.2 Å². The van der Waals surface area contributed by atoms with Crippen LogP contribution >= 0.6 is 11.3 Å². The summed E-state index contributed by atoms with van der Waals surface area (Å²) in [6.07, 6.45) is 5.12. The molecule has 3 aromatic rings. The summed E-state index contributed by atoms with van der Waals surface area (Å²) >= 11 is 1.47. The highest BCUT2D eigenvalue weighted by Crippen LogP contribution is 2.42. The highest BCUT2D eigenvalue weighted by atomic mass is 32.1. The first-order valence-electron chi connectivity index (χ1n) is 13.2. The highest BCUT2D eigenvalue weighted by molar-refractivity contribution is 7.10. The molecule has 39 heavy (non-hydrogen) atoms. The van der Waals surface area contributed by atoms with E-state index in [9.17, 15) is 14.4 Å². The van der Waals surface area contributed by atoms with Crippen LogP contribution in [-0.2, 0) is 16.0 Å². The second-order valence-electron chi connectivity index (χ2n) is 9.82. The van der Waals surface area contributed by atoms with Gasteiger partial charge in [-0.1, -0.05) is 37.5 Å². The summed E-state index contributed by atoms with van der Waals surface area (Å²) in [7, 11) is 1.57. The number of hydrogen-bond donors (Lipinski definition) is 1. The van der Waals surface area contributed by atoms with Gasteiger partial charge in [-0.15, -0.1) is 11.3 Å². The third-order valence-corrected chi connectivity index (χ3v) is 8.07. The zero-order valence-electron chi connectivity index (χ0n) is 22.1. The van der Waals surface area contributed by atoms with Gasteiger partial charge in [-0.3, -0.25) is 19.3 Å². The smallest absolute Gasteiger partial charge is 0.248 e. The maximum atomic E-state index is 14.2. The highest BCUT2D eigenvalue weighted by Gasteiger charge is 2.37. The van der Waals surface area contributed by atoms with E-state index in [1.165, 1.54) is 23.2 Å². The average molecular weight is 549 g/mol. The van der Waals surface area contributed by atoms with Crippen LogP contribution in [-0.4, -0.2) is 37.5 Å². The molecule has 0 bridgehead atoms. The van der Waals surface area contributed by atoms with E-state index in [0.29, 0.717) is 28.5 Å². The number of methoxy groups -OCH3 is 1. The molecule has 0 unspecified atom stereocenters. The minimum Gasteiger partial charge on any atom is -0.497 e. The molecule has 9 heteroatoms. The minimum atomic E-state index is -1.02. The zero-order valence-corrected chi connectivity index (χ0v) is 22.9. The Morgan fingerprint density at radius 2 is 1.77 bits per heavy atom. The standard InChI is InChI=1S/C30H32N2O6S/c1-19(33)24-16-26-27(38-18-37-26)17-25(24)32(28(34)15-23-9-6-14-39-23)29(20-10-12-22(36-2)13-11-20)30(35)31-21-7-4-3-5-8-21/h6,9-14,16-17,21,29H,3-5,7-8,15,18H2,1-2H3,(H,31,35)/t29-/m0/s1. The topological polar surface area (TPSA) is 94.2 Å². The van der Waals surface area contributed by atoms with Gasteiger partial charge >= 0.3 is 0 Å². The number of hydrogen-bond acceptors (Lipinski definition) is 7. The van der Waals surface area contributed by atoms with E-state index in [2.05, 4.69) is 5.32 Å².